The van der Waals surface area contributed by atoms with E-state index in [0.29, 0.717) is 12.5 Å². The summed E-state index contributed by atoms with van der Waals surface area (Å²) in [5, 5.41) is 7.16. The van der Waals surface area contributed by atoms with E-state index in [9.17, 15) is 4.79 Å². The number of aromatic nitrogens is 2. The van der Waals surface area contributed by atoms with Gasteiger partial charge in [-0.25, -0.2) is 0 Å². The van der Waals surface area contributed by atoms with Gasteiger partial charge in [-0.05, 0) is 43.9 Å². The number of carbonyl (C=O) groups excluding carboxylic acids is 1. The van der Waals surface area contributed by atoms with E-state index in [4.69, 9.17) is 0 Å². The average Bonchev–Trinajstić information content (AvgIpc) is 2.85. The molecule has 1 fully saturated rings. The zero-order chi connectivity index (χ0) is 13.8. The molecule has 1 aliphatic heterocycles. The Labute approximate surface area is 118 Å². The smallest absolute Gasteiger partial charge is 0.237 e. The van der Waals surface area contributed by atoms with Gasteiger partial charge in [0.15, 0.2) is 0 Å². The second kappa shape index (κ2) is 6.43. The molecule has 106 valence electrons. The standard InChI is InChI=1S/C13H22N4OS/c1-9(2)12-11(19-16-15-12)8-14-13(18)10-6-4-5-7-17(10)3/h9-10H,4-8H2,1-3H3,(H,14,18). The molecule has 1 atom stereocenters. The molecule has 1 amide bonds. The van der Waals surface area contributed by atoms with Crippen LogP contribution in [0.1, 0.15) is 49.6 Å². The first kappa shape index (κ1) is 14.4. The number of nitrogens with zero attached hydrogens (tertiary/aromatic N) is 3. The molecule has 6 heteroatoms. The molecule has 0 bridgehead atoms. The maximum Gasteiger partial charge on any atom is 0.237 e. The minimum absolute atomic E-state index is 0.0251. The van der Waals surface area contributed by atoms with Gasteiger partial charge < -0.3 is 5.32 Å². The lowest BCUT2D eigenvalue weighted by Gasteiger charge is -2.31. The summed E-state index contributed by atoms with van der Waals surface area (Å²) in [6.45, 7) is 5.75. The molecular weight excluding hydrogens is 260 g/mol. The van der Waals surface area contributed by atoms with Gasteiger partial charge >= 0.3 is 0 Å². The fourth-order valence-corrected chi connectivity index (χ4v) is 3.20. The van der Waals surface area contributed by atoms with E-state index < -0.39 is 0 Å². The lowest BCUT2D eigenvalue weighted by Crippen LogP contribution is -2.47. The average molecular weight is 282 g/mol. The molecule has 0 radical (unpaired) electrons. The van der Waals surface area contributed by atoms with Crippen molar-refractivity contribution in [2.45, 2.75) is 51.6 Å². The maximum atomic E-state index is 12.2. The van der Waals surface area contributed by atoms with Crippen molar-refractivity contribution in [2.75, 3.05) is 13.6 Å². The summed E-state index contributed by atoms with van der Waals surface area (Å²) >= 11 is 1.38. The molecular formula is C13H22N4OS. The van der Waals surface area contributed by atoms with Gasteiger partial charge in [-0.1, -0.05) is 24.8 Å². The fraction of sp³-hybridized carbons (Fsp3) is 0.769. The first-order valence-electron chi connectivity index (χ1n) is 6.88. The Hall–Kier alpha value is -1.01. The van der Waals surface area contributed by atoms with E-state index >= 15 is 0 Å². The van der Waals surface area contributed by atoms with E-state index in [0.717, 1.165) is 30.0 Å². The van der Waals surface area contributed by atoms with Crippen LogP contribution in [0.25, 0.3) is 0 Å². The lowest BCUT2D eigenvalue weighted by molar-refractivity contribution is -0.127. The van der Waals surface area contributed by atoms with Crippen molar-refractivity contribution in [3.8, 4) is 0 Å². The third-order valence-electron chi connectivity index (χ3n) is 3.63. The van der Waals surface area contributed by atoms with Crippen molar-refractivity contribution in [3.05, 3.63) is 10.6 Å². The van der Waals surface area contributed by atoms with Crippen molar-refractivity contribution in [2.24, 2.45) is 0 Å². The zero-order valence-corrected chi connectivity index (χ0v) is 12.7. The van der Waals surface area contributed by atoms with Crippen molar-refractivity contribution in [1.29, 1.82) is 0 Å². The number of piperidine rings is 1. The van der Waals surface area contributed by atoms with Gasteiger partial charge in [-0.2, -0.15) is 0 Å². The minimum Gasteiger partial charge on any atom is -0.350 e. The van der Waals surface area contributed by atoms with Gasteiger partial charge in [0, 0.05) is 0 Å². The van der Waals surface area contributed by atoms with Crippen LogP contribution in [0.15, 0.2) is 0 Å². The SMILES string of the molecule is CC(C)c1nnsc1CNC(=O)C1CCCCN1C. The van der Waals surface area contributed by atoms with Crippen LogP contribution in [-0.2, 0) is 11.3 Å². The molecule has 1 aliphatic rings. The van der Waals surface area contributed by atoms with Gasteiger partial charge in [0.05, 0.1) is 23.2 Å². The van der Waals surface area contributed by atoms with Crippen LogP contribution in [0.3, 0.4) is 0 Å². The van der Waals surface area contributed by atoms with E-state index in [-0.39, 0.29) is 11.9 Å². The molecule has 1 aromatic heterocycles. The normalized spacial score (nSPS) is 20.7. The first-order chi connectivity index (χ1) is 9.09. The number of nitrogens with one attached hydrogen (secondary N) is 1. The quantitative estimate of drug-likeness (QED) is 0.914. The van der Waals surface area contributed by atoms with Gasteiger partial charge in [0.2, 0.25) is 5.91 Å². The Morgan fingerprint density at radius 1 is 1.53 bits per heavy atom. The van der Waals surface area contributed by atoms with E-state index in [1.165, 1.54) is 18.0 Å². The Morgan fingerprint density at radius 2 is 2.32 bits per heavy atom. The van der Waals surface area contributed by atoms with Crippen LogP contribution >= 0.6 is 11.5 Å². The van der Waals surface area contributed by atoms with Crippen LogP contribution in [0.4, 0.5) is 0 Å². The number of hydrogen-bond donors (Lipinski definition) is 1. The van der Waals surface area contributed by atoms with E-state index in [1.807, 2.05) is 7.05 Å². The summed E-state index contributed by atoms with van der Waals surface area (Å²) < 4.78 is 3.98. The van der Waals surface area contributed by atoms with Crippen molar-refractivity contribution >= 4 is 17.4 Å². The topological polar surface area (TPSA) is 58.1 Å². The Kier molecular flexibility index (Phi) is 4.87. The number of rotatable bonds is 4. The number of amides is 1. The van der Waals surface area contributed by atoms with Crippen LogP contribution in [0.2, 0.25) is 0 Å². The molecule has 0 aliphatic carbocycles. The lowest BCUT2D eigenvalue weighted by atomic mass is 10.0. The van der Waals surface area contributed by atoms with E-state index in [2.05, 4.69) is 33.7 Å². The van der Waals surface area contributed by atoms with Gasteiger partial charge in [-0.15, -0.1) is 5.10 Å². The number of likely N-dealkylation sites (tertiary alicyclic amines) is 1. The summed E-state index contributed by atoms with van der Waals surface area (Å²) in [6.07, 6.45) is 3.29. The van der Waals surface area contributed by atoms with Crippen LogP contribution in [0, 0.1) is 0 Å². The first-order valence-corrected chi connectivity index (χ1v) is 7.66. The van der Waals surface area contributed by atoms with Crippen LogP contribution in [-0.4, -0.2) is 40.0 Å². The van der Waals surface area contributed by atoms with Crippen LogP contribution in [0.5, 0.6) is 0 Å². The molecule has 2 rings (SSSR count). The highest BCUT2D eigenvalue weighted by Crippen LogP contribution is 2.20. The molecule has 5 nitrogen and oxygen atoms in total. The third-order valence-corrected chi connectivity index (χ3v) is 4.37. The highest BCUT2D eigenvalue weighted by atomic mass is 32.1. The number of hydrogen-bond acceptors (Lipinski definition) is 5. The third kappa shape index (κ3) is 3.51. The highest BCUT2D eigenvalue weighted by Gasteiger charge is 2.25. The van der Waals surface area contributed by atoms with Crippen LogP contribution < -0.4 is 5.32 Å². The summed E-state index contributed by atoms with van der Waals surface area (Å²) in [7, 11) is 2.03. The second-order valence-corrected chi connectivity index (χ2v) is 6.28. The Bertz CT molecular complexity index is 432. The molecule has 1 saturated heterocycles. The Balaban J connectivity index is 1.91. The Morgan fingerprint density at radius 3 is 3.00 bits per heavy atom. The molecule has 1 aromatic rings. The van der Waals surface area contributed by atoms with Gasteiger partial charge in [0.25, 0.3) is 0 Å². The molecule has 1 unspecified atom stereocenters. The molecule has 2 heterocycles. The van der Waals surface area contributed by atoms with Gasteiger partial charge in [-0.3, -0.25) is 9.69 Å². The van der Waals surface area contributed by atoms with Crippen molar-refractivity contribution in [1.82, 2.24) is 19.8 Å². The van der Waals surface area contributed by atoms with Gasteiger partial charge in [0.1, 0.15) is 0 Å². The molecule has 0 aromatic carbocycles. The monoisotopic (exact) mass is 282 g/mol. The molecule has 1 N–H and O–H groups in total. The second-order valence-electron chi connectivity index (χ2n) is 5.45. The fourth-order valence-electron chi connectivity index (χ4n) is 2.47. The predicted octanol–water partition coefficient (Wildman–Crippen LogP) is 1.76. The summed E-state index contributed by atoms with van der Waals surface area (Å²) in [5.74, 6) is 0.480. The van der Waals surface area contributed by atoms with E-state index in [1.54, 1.807) is 0 Å². The summed E-state index contributed by atoms with van der Waals surface area (Å²) in [4.78, 5) is 15.4. The minimum atomic E-state index is 0.0251. The summed E-state index contributed by atoms with van der Waals surface area (Å²) in [6, 6.07) is 0.0251. The molecule has 0 spiro atoms. The predicted molar refractivity (Wildman–Crippen MR) is 76.1 cm³/mol. The number of carbonyl (C=O) groups is 1. The summed E-state index contributed by atoms with van der Waals surface area (Å²) in [5.41, 5.74) is 1.00. The molecule has 0 saturated carbocycles. The molecule has 19 heavy (non-hydrogen) atoms. The highest BCUT2D eigenvalue weighted by molar-refractivity contribution is 7.05. The largest absolute Gasteiger partial charge is 0.350 e. The van der Waals surface area contributed by atoms with Crippen molar-refractivity contribution in [3.63, 3.8) is 0 Å². The zero-order valence-electron chi connectivity index (χ0n) is 11.8. The number of likely N-dealkylation sites (N-methyl/N-ethyl adjacent to an activating group) is 1. The maximum absolute atomic E-state index is 12.2. The van der Waals surface area contributed by atoms with Crippen molar-refractivity contribution < 1.29 is 4.79 Å².